The molecule has 1 fully saturated rings. The third-order valence-corrected chi connectivity index (χ3v) is 4.94. The summed E-state index contributed by atoms with van der Waals surface area (Å²) in [7, 11) is 0. The Kier molecular flexibility index (Phi) is 4.65. The fourth-order valence-electron chi connectivity index (χ4n) is 2.39. The van der Waals surface area contributed by atoms with E-state index >= 15 is 0 Å². The van der Waals surface area contributed by atoms with Crippen LogP contribution in [-0.4, -0.2) is 23.7 Å². The largest absolute Gasteiger partial charge is 0.481 e. The molecule has 2 amide bonds. The first-order valence-electron chi connectivity index (χ1n) is 6.88. The van der Waals surface area contributed by atoms with E-state index in [1.54, 1.807) is 11.3 Å². The molecule has 0 spiro atoms. The Bertz CT molecular complexity index is 469. The van der Waals surface area contributed by atoms with Crippen molar-refractivity contribution in [2.24, 2.45) is 5.41 Å². The molecule has 3 N–H and O–H groups in total. The van der Waals surface area contributed by atoms with Gasteiger partial charge in [-0.25, -0.2) is 4.79 Å². The van der Waals surface area contributed by atoms with Gasteiger partial charge in [-0.3, -0.25) is 4.79 Å². The van der Waals surface area contributed by atoms with Crippen molar-refractivity contribution in [3.05, 3.63) is 22.4 Å². The van der Waals surface area contributed by atoms with E-state index in [4.69, 9.17) is 0 Å². The summed E-state index contributed by atoms with van der Waals surface area (Å²) in [5.41, 5.74) is -0.748. The second kappa shape index (κ2) is 6.26. The molecule has 0 aliphatic heterocycles. The average Bonchev–Trinajstić information content (AvgIpc) is 2.87. The van der Waals surface area contributed by atoms with Crippen LogP contribution < -0.4 is 10.6 Å². The number of hydrogen-bond acceptors (Lipinski definition) is 3. The van der Waals surface area contributed by atoms with Gasteiger partial charge >= 0.3 is 12.0 Å². The van der Waals surface area contributed by atoms with E-state index in [1.165, 1.54) is 0 Å². The summed E-state index contributed by atoms with van der Waals surface area (Å²) in [6, 6.07) is 3.63. The minimum Gasteiger partial charge on any atom is -0.481 e. The zero-order valence-electron chi connectivity index (χ0n) is 11.5. The predicted molar refractivity (Wildman–Crippen MR) is 77.8 cm³/mol. The highest BCUT2D eigenvalue weighted by Gasteiger charge is 2.44. The van der Waals surface area contributed by atoms with Crippen LogP contribution in [0.4, 0.5) is 4.79 Å². The van der Waals surface area contributed by atoms with Crippen molar-refractivity contribution in [2.75, 3.05) is 6.54 Å². The quantitative estimate of drug-likeness (QED) is 0.755. The van der Waals surface area contributed by atoms with Crippen LogP contribution in [-0.2, 0) is 4.79 Å². The van der Waals surface area contributed by atoms with Gasteiger partial charge in [0.1, 0.15) is 0 Å². The van der Waals surface area contributed by atoms with Crippen LogP contribution in [0, 0.1) is 5.41 Å². The maximum atomic E-state index is 11.9. The molecular weight excluding hydrogens is 276 g/mol. The minimum absolute atomic E-state index is 0.0165. The number of amides is 2. The zero-order valence-corrected chi connectivity index (χ0v) is 12.3. The van der Waals surface area contributed by atoms with Gasteiger partial charge in [-0.2, -0.15) is 0 Å². The Labute approximate surface area is 122 Å². The molecule has 6 heteroatoms. The highest BCUT2D eigenvalue weighted by Crippen LogP contribution is 2.40. The summed E-state index contributed by atoms with van der Waals surface area (Å²) in [6.45, 7) is 2.21. The van der Waals surface area contributed by atoms with Gasteiger partial charge in [0.2, 0.25) is 0 Å². The molecule has 2 rings (SSSR count). The lowest BCUT2D eigenvalue weighted by molar-refractivity contribution is -0.153. The first kappa shape index (κ1) is 14.8. The molecule has 1 aliphatic rings. The SMILES string of the molecule is CCC(NC(=O)NCC1(C(=O)O)CCC1)c1cccs1. The first-order chi connectivity index (χ1) is 9.57. The lowest BCUT2D eigenvalue weighted by atomic mass is 9.69. The fourth-order valence-corrected chi connectivity index (χ4v) is 3.25. The molecule has 20 heavy (non-hydrogen) atoms. The normalized spacial score (nSPS) is 17.9. The number of rotatable bonds is 6. The van der Waals surface area contributed by atoms with Gasteiger partial charge in [-0.05, 0) is 30.7 Å². The van der Waals surface area contributed by atoms with Crippen molar-refractivity contribution < 1.29 is 14.7 Å². The van der Waals surface area contributed by atoms with Crippen molar-refractivity contribution in [1.82, 2.24) is 10.6 Å². The van der Waals surface area contributed by atoms with E-state index in [9.17, 15) is 14.7 Å². The van der Waals surface area contributed by atoms with Crippen LogP contribution >= 0.6 is 11.3 Å². The van der Waals surface area contributed by atoms with Crippen molar-refractivity contribution in [3.8, 4) is 0 Å². The molecular formula is C14H20N2O3S. The Balaban J connectivity index is 1.84. The van der Waals surface area contributed by atoms with Gasteiger partial charge in [0.15, 0.2) is 0 Å². The number of carbonyl (C=O) groups excluding carboxylic acids is 1. The second-order valence-corrected chi connectivity index (χ2v) is 6.22. The van der Waals surface area contributed by atoms with Crippen LogP contribution in [0.25, 0.3) is 0 Å². The molecule has 0 saturated heterocycles. The lowest BCUT2D eigenvalue weighted by Gasteiger charge is -2.37. The number of carboxylic acid groups (broad SMARTS) is 1. The summed E-state index contributed by atoms with van der Waals surface area (Å²) in [5.74, 6) is -0.811. The topological polar surface area (TPSA) is 78.4 Å². The van der Waals surface area contributed by atoms with Crippen LogP contribution in [0.2, 0.25) is 0 Å². The van der Waals surface area contributed by atoms with Gasteiger partial charge in [0.05, 0.1) is 11.5 Å². The van der Waals surface area contributed by atoms with E-state index in [0.717, 1.165) is 17.7 Å². The molecule has 1 aromatic rings. The number of thiophene rings is 1. The molecule has 1 saturated carbocycles. The standard InChI is InChI=1S/C14H20N2O3S/c1-2-10(11-5-3-8-20-11)16-13(19)15-9-14(12(17)18)6-4-7-14/h3,5,8,10H,2,4,6-7,9H2,1H3,(H,17,18)(H2,15,16,19). The summed E-state index contributed by atoms with van der Waals surface area (Å²) >= 11 is 1.61. The minimum atomic E-state index is -0.811. The lowest BCUT2D eigenvalue weighted by Crippen LogP contribution is -2.50. The number of nitrogens with one attached hydrogen (secondary N) is 2. The smallest absolute Gasteiger partial charge is 0.315 e. The molecule has 0 radical (unpaired) electrons. The van der Waals surface area contributed by atoms with Gasteiger partial charge in [0, 0.05) is 11.4 Å². The number of carboxylic acids is 1. The predicted octanol–water partition coefficient (Wildman–Crippen LogP) is 2.75. The van der Waals surface area contributed by atoms with Crippen molar-refractivity contribution >= 4 is 23.3 Å². The number of aliphatic carboxylic acids is 1. The van der Waals surface area contributed by atoms with Gasteiger partial charge in [-0.1, -0.05) is 19.4 Å². The Morgan fingerprint density at radius 2 is 2.25 bits per heavy atom. The highest BCUT2D eigenvalue weighted by molar-refractivity contribution is 7.10. The molecule has 1 aliphatic carbocycles. The highest BCUT2D eigenvalue weighted by atomic mass is 32.1. The zero-order chi connectivity index (χ0) is 14.6. The number of hydrogen-bond donors (Lipinski definition) is 3. The summed E-state index contributed by atoms with van der Waals surface area (Å²) < 4.78 is 0. The molecule has 0 aromatic carbocycles. The second-order valence-electron chi connectivity index (χ2n) is 5.24. The summed E-state index contributed by atoms with van der Waals surface area (Å²) in [5, 5.41) is 16.8. The van der Waals surface area contributed by atoms with Crippen LogP contribution in [0.1, 0.15) is 43.5 Å². The fraction of sp³-hybridized carbons (Fsp3) is 0.571. The summed E-state index contributed by atoms with van der Waals surface area (Å²) in [6.07, 6.45) is 3.01. The average molecular weight is 296 g/mol. The van der Waals surface area contributed by atoms with E-state index in [2.05, 4.69) is 10.6 Å². The van der Waals surface area contributed by atoms with Gasteiger partial charge in [0.25, 0.3) is 0 Å². The number of carbonyl (C=O) groups is 2. The molecule has 1 unspecified atom stereocenters. The van der Waals surface area contributed by atoms with Crippen molar-refractivity contribution in [2.45, 2.75) is 38.6 Å². The van der Waals surface area contributed by atoms with Crippen LogP contribution in [0.15, 0.2) is 17.5 Å². The van der Waals surface area contributed by atoms with E-state index in [-0.39, 0.29) is 18.6 Å². The van der Waals surface area contributed by atoms with Crippen molar-refractivity contribution in [3.63, 3.8) is 0 Å². The van der Waals surface area contributed by atoms with Crippen LogP contribution in [0.5, 0.6) is 0 Å². The molecule has 1 heterocycles. The monoisotopic (exact) mass is 296 g/mol. The van der Waals surface area contributed by atoms with Crippen LogP contribution in [0.3, 0.4) is 0 Å². The molecule has 1 atom stereocenters. The van der Waals surface area contributed by atoms with Gasteiger partial charge in [-0.15, -0.1) is 11.3 Å². The number of urea groups is 1. The first-order valence-corrected chi connectivity index (χ1v) is 7.76. The Hall–Kier alpha value is -1.56. The Morgan fingerprint density at radius 3 is 2.70 bits per heavy atom. The maximum Gasteiger partial charge on any atom is 0.315 e. The maximum absolute atomic E-state index is 11.9. The molecule has 1 aromatic heterocycles. The summed E-state index contributed by atoms with van der Waals surface area (Å²) in [4.78, 5) is 24.2. The molecule has 110 valence electrons. The molecule has 0 bridgehead atoms. The Morgan fingerprint density at radius 1 is 1.50 bits per heavy atom. The van der Waals surface area contributed by atoms with E-state index < -0.39 is 11.4 Å². The van der Waals surface area contributed by atoms with E-state index in [1.807, 2.05) is 24.4 Å². The third kappa shape index (κ3) is 3.12. The van der Waals surface area contributed by atoms with E-state index in [0.29, 0.717) is 12.8 Å². The van der Waals surface area contributed by atoms with Gasteiger partial charge < -0.3 is 15.7 Å². The van der Waals surface area contributed by atoms with Crippen molar-refractivity contribution in [1.29, 1.82) is 0 Å². The third-order valence-electron chi connectivity index (χ3n) is 3.95. The molecule has 5 nitrogen and oxygen atoms in total.